The minimum absolute atomic E-state index is 0.00793. The number of nitrogens with zero attached hydrogens (tertiary/aromatic N) is 3. The number of alkyl halides is 3. The van der Waals surface area contributed by atoms with Crippen molar-refractivity contribution in [3.8, 4) is 5.88 Å². The Hall–Kier alpha value is -5.13. The van der Waals surface area contributed by atoms with Crippen LogP contribution in [0.4, 0.5) is 24.8 Å². The van der Waals surface area contributed by atoms with E-state index in [0.29, 0.717) is 54.8 Å². The molecule has 0 radical (unpaired) electrons. The molecule has 2 aromatic rings. The molecule has 1 fully saturated rings. The molecule has 2 unspecified atom stereocenters. The number of carboxylic acids is 1. The number of rotatable bonds is 12. The third-order valence-corrected chi connectivity index (χ3v) is 7.62. The van der Waals surface area contributed by atoms with Gasteiger partial charge < -0.3 is 40.1 Å². The molecule has 3 atom stereocenters. The summed E-state index contributed by atoms with van der Waals surface area (Å²) in [5.74, 6) is -4.37. The summed E-state index contributed by atoms with van der Waals surface area (Å²) < 4.78 is 42.4. The maximum atomic E-state index is 13.1. The van der Waals surface area contributed by atoms with Gasteiger partial charge in [-0.3, -0.25) is 14.9 Å². The number of amides is 2. The number of carbonyl (C=O) groups is 6. The van der Waals surface area contributed by atoms with Gasteiger partial charge >= 0.3 is 18.1 Å². The average Bonchev–Trinajstić information content (AvgIpc) is 3.71. The largest absolute Gasteiger partial charge is 0.490 e. The highest BCUT2D eigenvalue weighted by Gasteiger charge is 2.75. The number of ether oxygens (including phenoxy) is 2. The maximum Gasteiger partial charge on any atom is 0.490 e. The van der Waals surface area contributed by atoms with Crippen LogP contribution in [0.5, 0.6) is 5.88 Å². The van der Waals surface area contributed by atoms with Crippen LogP contribution in [0.1, 0.15) is 41.4 Å². The van der Waals surface area contributed by atoms with Gasteiger partial charge in [-0.2, -0.15) is 18.2 Å². The monoisotopic (exact) mass is 666 g/mol. The Kier molecular flexibility index (Phi) is 11.2. The fourth-order valence-electron chi connectivity index (χ4n) is 5.33. The number of benzene rings is 1. The van der Waals surface area contributed by atoms with E-state index in [0.717, 1.165) is 5.56 Å². The molecule has 0 aliphatic carbocycles. The second kappa shape index (κ2) is 14.5. The van der Waals surface area contributed by atoms with Gasteiger partial charge in [-0.15, -0.1) is 0 Å². The summed E-state index contributed by atoms with van der Waals surface area (Å²) in [7, 11) is 1.19. The van der Waals surface area contributed by atoms with Crippen molar-refractivity contribution in [1.29, 1.82) is 0 Å². The van der Waals surface area contributed by atoms with Crippen molar-refractivity contribution in [2.45, 2.75) is 50.4 Å². The van der Waals surface area contributed by atoms with Crippen molar-refractivity contribution >= 4 is 48.0 Å². The number of esters is 1. The third-order valence-electron chi connectivity index (χ3n) is 7.62. The Balaban J connectivity index is 0.000000771. The first-order valence-electron chi connectivity index (χ1n) is 14.1. The molecule has 5 N–H and O–H groups in total. The number of hydrogen-bond acceptors (Lipinski definition) is 12. The molecule has 4 rings (SSSR count). The van der Waals surface area contributed by atoms with E-state index in [1.165, 1.54) is 12.0 Å². The molecule has 0 saturated carbocycles. The zero-order valence-electron chi connectivity index (χ0n) is 25.6. The molecule has 0 spiro atoms. The predicted octanol–water partition coefficient (Wildman–Crippen LogP) is 0.766. The summed E-state index contributed by atoms with van der Waals surface area (Å²) in [4.78, 5) is 80.4. The van der Waals surface area contributed by atoms with Crippen molar-refractivity contribution in [1.82, 2.24) is 20.6 Å². The molecule has 47 heavy (non-hydrogen) atoms. The van der Waals surface area contributed by atoms with Crippen LogP contribution in [-0.4, -0.2) is 95.5 Å². The van der Waals surface area contributed by atoms with Gasteiger partial charge in [0, 0.05) is 30.6 Å². The fraction of sp³-hybridized carbons (Fsp3) is 0.448. The highest BCUT2D eigenvalue weighted by Crippen LogP contribution is 2.47. The van der Waals surface area contributed by atoms with Gasteiger partial charge in [0.2, 0.25) is 17.7 Å². The van der Waals surface area contributed by atoms with Gasteiger partial charge in [0.25, 0.3) is 5.91 Å². The van der Waals surface area contributed by atoms with Crippen molar-refractivity contribution in [3.63, 3.8) is 0 Å². The van der Waals surface area contributed by atoms with Crippen molar-refractivity contribution in [3.05, 3.63) is 41.1 Å². The first-order valence-corrected chi connectivity index (χ1v) is 14.1. The summed E-state index contributed by atoms with van der Waals surface area (Å²) in [5, 5.41) is 12.6. The standard InChI is InChI=1S/C27H32N6O7.C2HF3O2/c1-16(27(24(38)39-3)26(15-35,32-27)8-9-34)14-33-20-7-6-18(12-19(20)23(37)29-13-22(33)36)5-4-10-40-21-11-17(2)30-25(28)31-21;3-2(4,5)1(6)7/h6-7,9,11-12,15-16,32H,4-5,8,10,13-14H2,1-3H3,(H,29,37)(H2,28,30,31);(H,6,7)/t16?,26?,27-;/m0./s1. The van der Waals surface area contributed by atoms with Crippen molar-refractivity contribution in [2.75, 3.05) is 37.4 Å². The molecule has 0 bridgehead atoms. The van der Waals surface area contributed by atoms with Gasteiger partial charge in [0.05, 0.1) is 31.5 Å². The third kappa shape index (κ3) is 8.00. The quantitative estimate of drug-likeness (QED) is 0.106. The number of carbonyl (C=O) groups excluding carboxylic acids is 5. The maximum absolute atomic E-state index is 13.1. The lowest BCUT2D eigenvalue weighted by atomic mass is 9.81. The molecule has 254 valence electrons. The van der Waals surface area contributed by atoms with E-state index in [1.807, 2.05) is 6.07 Å². The lowest BCUT2D eigenvalue weighted by Gasteiger charge is -2.30. The lowest BCUT2D eigenvalue weighted by Crippen LogP contribution is -2.49. The second-order valence-electron chi connectivity index (χ2n) is 10.8. The van der Waals surface area contributed by atoms with Crippen LogP contribution in [0, 0.1) is 12.8 Å². The molecule has 15 nitrogen and oxygen atoms in total. The molecule has 1 aromatic carbocycles. The fourth-order valence-corrected chi connectivity index (χ4v) is 5.33. The van der Waals surface area contributed by atoms with E-state index >= 15 is 0 Å². The molecule has 1 aromatic heterocycles. The Morgan fingerprint density at radius 2 is 1.89 bits per heavy atom. The van der Waals surface area contributed by atoms with Gasteiger partial charge in [0.15, 0.2) is 0 Å². The normalized spacial score (nSPS) is 20.8. The van der Waals surface area contributed by atoms with E-state index < -0.39 is 41.0 Å². The van der Waals surface area contributed by atoms with Crippen LogP contribution in [0.25, 0.3) is 0 Å². The Bertz CT molecular complexity index is 1540. The molecule has 3 heterocycles. The Labute approximate surface area is 266 Å². The van der Waals surface area contributed by atoms with E-state index in [9.17, 15) is 37.1 Å². The van der Waals surface area contributed by atoms with Crippen LogP contribution in [-0.2, 0) is 35.1 Å². The van der Waals surface area contributed by atoms with Gasteiger partial charge in [-0.25, -0.2) is 14.6 Å². The van der Waals surface area contributed by atoms with E-state index in [2.05, 4.69) is 20.6 Å². The predicted molar refractivity (Wildman–Crippen MR) is 156 cm³/mol. The Morgan fingerprint density at radius 3 is 2.47 bits per heavy atom. The highest BCUT2D eigenvalue weighted by molar-refractivity contribution is 6.10. The molecular weight excluding hydrogens is 633 g/mol. The number of fused-ring (bicyclic) bond motifs is 1. The topological polar surface area (TPSA) is 230 Å². The summed E-state index contributed by atoms with van der Waals surface area (Å²) in [6, 6.07) is 6.93. The summed E-state index contributed by atoms with van der Waals surface area (Å²) in [6.45, 7) is 3.60. The smallest absolute Gasteiger partial charge is 0.478 e. The minimum atomic E-state index is -5.08. The van der Waals surface area contributed by atoms with E-state index in [-0.39, 0.29) is 31.4 Å². The van der Waals surface area contributed by atoms with Crippen LogP contribution >= 0.6 is 0 Å². The lowest BCUT2D eigenvalue weighted by molar-refractivity contribution is -0.192. The number of anilines is 2. The number of aliphatic carboxylic acids is 1. The molecule has 18 heteroatoms. The summed E-state index contributed by atoms with van der Waals surface area (Å²) in [5.41, 5.74) is 4.99. The summed E-state index contributed by atoms with van der Waals surface area (Å²) >= 11 is 0. The van der Waals surface area contributed by atoms with Crippen molar-refractivity contribution in [2.24, 2.45) is 5.92 Å². The molecule has 2 amide bonds. The van der Waals surface area contributed by atoms with Gasteiger partial charge in [0.1, 0.15) is 23.7 Å². The van der Waals surface area contributed by atoms with Crippen LogP contribution in [0.2, 0.25) is 0 Å². The molecular formula is C29H33F3N6O9. The minimum Gasteiger partial charge on any atom is -0.478 e. The number of nitrogens with two attached hydrogens (primary N) is 1. The number of carboxylic acid groups (broad SMARTS) is 1. The number of methoxy groups -OCH3 is 1. The Morgan fingerprint density at radius 1 is 1.21 bits per heavy atom. The average molecular weight is 667 g/mol. The number of nitrogens with one attached hydrogen (secondary N) is 2. The van der Waals surface area contributed by atoms with Crippen LogP contribution in [0.15, 0.2) is 24.3 Å². The van der Waals surface area contributed by atoms with Gasteiger partial charge in [-0.05, 0) is 37.5 Å². The molecule has 1 saturated heterocycles. The van der Waals surface area contributed by atoms with Crippen molar-refractivity contribution < 1.29 is 56.5 Å². The zero-order chi connectivity index (χ0) is 35.2. The number of aromatic nitrogens is 2. The van der Waals surface area contributed by atoms with Gasteiger partial charge in [-0.1, -0.05) is 13.0 Å². The summed E-state index contributed by atoms with van der Waals surface area (Å²) in [6.07, 6.45) is -2.99. The zero-order valence-corrected chi connectivity index (χ0v) is 25.6. The van der Waals surface area contributed by atoms with E-state index in [1.54, 1.807) is 32.0 Å². The van der Waals surface area contributed by atoms with Crippen LogP contribution < -0.4 is 26.0 Å². The number of nitrogen functional groups attached to an aromatic ring is 1. The van der Waals surface area contributed by atoms with E-state index in [4.69, 9.17) is 25.1 Å². The number of aldehydes is 2. The molecule has 2 aliphatic heterocycles. The number of halogens is 3. The first-order chi connectivity index (χ1) is 22.0. The number of hydrogen-bond donors (Lipinski definition) is 4. The number of aryl methyl sites for hydroxylation is 2. The first kappa shape index (κ1) is 36.3. The second-order valence-corrected chi connectivity index (χ2v) is 10.8. The van der Waals surface area contributed by atoms with Crippen LogP contribution in [0.3, 0.4) is 0 Å². The highest BCUT2D eigenvalue weighted by atomic mass is 19.4. The SMILES string of the molecule is COC(=O)[C@]1(C(C)CN2C(=O)CNC(=O)c3cc(CCCOc4cc(C)nc(N)n4)ccc32)NC1(C=O)CC=O.O=C(O)C(F)(F)F. The molecule has 2 aliphatic rings.